The van der Waals surface area contributed by atoms with Crippen molar-refractivity contribution in [2.75, 3.05) is 0 Å². The second-order valence-electron chi connectivity index (χ2n) is 7.08. The van der Waals surface area contributed by atoms with E-state index in [1.165, 1.54) is 0 Å². The van der Waals surface area contributed by atoms with Gasteiger partial charge in [-0.15, -0.1) is 0 Å². The number of aryl methyl sites for hydroxylation is 2. The third-order valence-corrected chi connectivity index (χ3v) is 5.04. The summed E-state index contributed by atoms with van der Waals surface area (Å²) in [7, 11) is 1.86. The lowest BCUT2D eigenvalue weighted by Crippen LogP contribution is -2.41. The fourth-order valence-corrected chi connectivity index (χ4v) is 3.57. The minimum atomic E-state index is -0.256. The first-order valence-electron chi connectivity index (χ1n) is 8.97. The molecule has 1 atom stereocenters. The molecule has 3 aromatic heterocycles. The molecule has 1 saturated carbocycles. The van der Waals surface area contributed by atoms with E-state index >= 15 is 0 Å². The Bertz CT molecular complexity index is 876. The molecule has 4 rings (SSSR count). The van der Waals surface area contributed by atoms with Crippen LogP contribution in [0.25, 0.3) is 5.65 Å². The molecule has 1 unspecified atom stereocenters. The molecule has 3 aromatic rings. The summed E-state index contributed by atoms with van der Waals surface area (Å²) in [6, 6.07) is 5.76. The number of imidazole rings is 1. The van der Waals surface area contributed by atoms with Gasteiger partial charge in [-0.25, -0.2) is 4.98 Å². The number of aliphatic hydroxyl groups excluding tert-OH is 1. The van der Waals surface area contributed by atoms with Crippen LogP contribution in [0.15, 0.2) is 43.0 Å². The smallest absolute Gasteiger partial charge is 0.220 e. The highest BCUT2D eigenvalue weighted by atomic mass is 16.3. The van der Waals surface area contributed by atoms with Crippen molar-refractivity contribution in [1.82, 2.24) is 24.5 Å². The second kappa shape index (κ2) is 6.92. The molecule has 0 aliphatic heterocycles. The minimum absolute atomic E-state index is 0.00250. The number of aliphatic hydroxyl groups is 1. The highest BCUT2D eigenvalue weighted by molar-refractivity contribution is 5.76. The zero-order chi connectivity index (χ0) is 18.1. The number of hydrogen-bond donors (Lipinski definition) is 2. The third kappa shape index (κ3) is 3.48. The zero-order valence-corrected chi connectivity index (χ0v) is 14.7. The van der Waals surface area contributed by atoms with Gasteiger partial charge in [0.2, 0.25) is 5.91 Å². The molecule has 0 spiro atoms. The Kier molecular flexibility index (Phi) is 4.46. The number of carbonyl (C=O) groups is 1. The Labute approximate surface area is 151 Å². The van der Waals surface area contributed by atoms with Gasteiger partial charge in [-0.05, 0) is 37.3 Å². The summed E-state index contributed by atoms with van der Waals surface area (Å²) < 4.78 is 3.70. The molecule has 7 heteroatoms. The summed E-state index contributed by atoms with van der Waals surface area (Å²) in [4.78, 5) is 17.0. The van der Waals surface area contributed by atoms with Gasteiger partial charge in [0.1, 0.15) is 5.65 Å². The molecule has 1 aliphatic carbocycles. The number of nitrogens with zero attached hydrogens (tertiary/aromatic N) is 4. The van der Waals surface area contributed by atoms with Gasteiger partial charge in [0.15, 0.2) is 0 Å². The van der Waals surface area contributed by atoms with Gasteiger partial charge < -0.3 is 14.8 Å². The van der Waals surface area contributed by atoms with E-state index in [-0.39, 0.29) is 24.0 Å². The van der Waals surface area contributed by atoms with Gasteiger partial charge in [-0.3, -0.25) is 9.48 Å². The van der Waals surface area contributed by atoms with Crippen LogP contribution in [0.1, 0.15) is 36.6 Å². The van der Waals surface area contributed by atoms with Gasteiger partial charge in [-0.1, -0.05) is 6.07 Å². The van der Waals surface area contributed by atoms with Gasteiger partial charge in [-0.2, -0.15) is 5.10 Å². The molecule has 0 radical (unpaired) electrons. The van der Waals surface area contributed by atoms with Crippen LogP contribution in [0, 0.1) is 5.92 Å². The first-order chi connectivity index (χ1) is 12.6. The van der Waals surface area contributed by atoms with Gasteiger partial charge in [0, 0.05) is 37.6 Å². The van der Waals surface area contributed by atoms with E-state index in [4.69, 9.17) is 0 Å². The normalized spacial score (nSPS) is 20.7. The number of carbonyl (C=O) groups excluding carboxylic acids is 1. The van der Waals surface area contributed by atoms with Crippen molar-refractivity contribution < 1.29 is 9.90 Å². The van der Waals surface area contributed by atoms with Crippen LogP contribution in [0.3, 0.4) is 0 Å². The predicted octanol–water partition coefficient (Wildman–Crippen LogP) is 1.63. The van der Waals surface area contributed by atoms with E-state index in [0.717, 1.165) is 16.9 Å². The minimum Gasteiger partial charge on any atom is -0.393 e. The van der Waals surface area contributed by atoms with Crippen molar-refractivity contribution in [1.29, 1.82) is 0 Å². The maximum absolute atomic E-state index is 12.5. The van der Waals surface area contributed by atoms with Crippen molar-refractivity contribution >= 4 is 11.6 Å². The Morgan fingerprint density at radius 3 is 2.92 bits per heavy atom. The monoisotopic (exact) mass is 353 g/mol. The van der Waals surface area contributed by atoms with Crippen LogP contribution in [-0.4, -0.2) is 36.3 Å². The molecule has 1 aliphatic rings. The van der Waals surface area contributed by atoms with Crippen LogP contribution < -0.4 is 5.32 Å². The third-order valence-electron chi connectivity index (χ3n) is 5.04. The molecule has 26 heavy (non-hydrogen) atoms. The SMILES string of the molecule is Cn1cc(C(NC(=O)CCc2cn3ccccc3n2)C2CC(O)C2)cn1. The van der Waals surface area contributed by atoms with Crippen LogP contribution in [0.5, 0.6) is 0 Å². The lowest BCUT2D eigenvalue weighted by molar-refractivity contribution is -0.123. The summed E-state index contributed by atoms with van der Waals surface area (Å²) in [5.41, 5.74) is 2.79. The number of pyridine rings is 1. The van der Waals surface area contributed by atoms with E-state index in [9.17, 15) is 9.90 Å². The number of nitrogens with one attached hydrogen (secondary N) is 1. The summed E-state index contributed by atoms with van der Waals surface area (Å²) in [5.74, 6) is 0.255. The number of rotatable bonds is 6. The summed E-state index contributed by atoms with van der Waals surface area (Å²) >= 11 is 0. The quantitative estimate of drug-likeness (QED) is 0.705. The second-order valence-corrected chi connectivity index (χ2v) is 7.08. The van der Waals surface area contributed by atoms with E-state index in [2.05, 4.69) is 15.4 Å². The molecular weight excluding hydrogens is 330 g/mol. The van der Waals surface area contributed by atoms with Gasteiger partial charge in [0.25, 0.3) is 0 Å². The number of aromatic nitrogens is 4. The van der Waals surface area contributed by atoms with E-state index in [1.54, 1.807) is 10.9 Å². The molecule has 0 aromatic carbocycles. The van der Waals surface area contributed by atoms with Crippen LogP contribution in [0.4, 0.5) is 0 Å². The number of hydrogen-bond acceptors (Lipinski definition) is 4. The van der Waals surface area contributed by atoms with Crippen molar-refractivity contribution in [2.24, 2.45) is 13.0 Å². The van der Waals surface area contributed by atoms with Gasteiger partial charge >= 0.3 is 0 Å². The lowest BCUT2D eigenvalue weighted by atomic mass is 9.75. The Balaban J connectivity index is 1.39. The highest BCUT2D eigenvalue weighted by Crippen LogP contribution is 2.38. The maximum Gasteiger partial charge on any atom is 0.220 e. The standard InChI is InChI=1S/C19H23N5O2/c1-23-11-14(10-20-23)19(13-8-16(25)9-13)22-18(26)6-5-15-12-24-7-3-2-4-17(24)21-15/h2-4,7,10-13,16,19,25H,5-6,8-9H2,1H3,(H,22,26). The van der Waals surface area contributed by atoms with Crippen LogP contribution in [0.2, 0.25) is 0 Å². The molecule has 0 bridgehead atoms. The molecule has 7 nitrogen and oxygen atoms in total. The van der Waals surface area contributed by atoms with Crippen molar-refractivity contribution in [3.8, 4) is 0 Å². The van der Waals surface area contributed by atoms with Crippen molar-refractivity contribution in [3.05, 3.63) is 54.2 Å². The van der Waals surface area contributed by atoms with Crippen LogP contribution >= 0.6 is 0 Å². The molecule has 3 heterocycles. The van der Waals surface area contributed by atoms with Crippen molar-refractivity contribution in [2.45, 2.75) is 37.8 Å². The van der Waals surface area contributed by atoms with Crippen LogP contribution in [-0.2, 0) is 18.3 Å². The first kappa shape index (κ1) is 16.8. The zero-order valence-electron chi connectivity index (χ0n) is 14.7. The van der Waals surface area contributed by atoms with Gasteiger partial charge in [0.05, 0.1) is 24.0 Å². The maximum atomic E-state index is 12.5. The van der Waals surface area contributed by atoms with E-state index < -0.39 is 0 Å². The summed E-state index contributed by atoms with van der Waals surface area (Å²) in [6.07, 6.45) is 9.79. The predicted molar refractivity (Wildman–Crippen MR) is 96.3 cm³/mol. The molecular formula is C19H23N5O2. The molecule has 1 amide bonds. The van der Waals surface area contributed by atoms with Crippen molar-refractivity contribution in [3.63, 3.8) is 0 Å². The summed E-state index contributed by atoms with van der Waals surface area (Å²) in [5, 5.41) is 17.0. The topological polar surface area (TPSA) is 84.5 Å². The van der Waals surface area contributed by atoms with E-state index in [0.29, 0.717) is 25.7 Å². The average molecular weight is 353 g/mol. The average Bonchev–Trinajstić information content (AvgIpc) is 3.21. The lowest BCUT2D eigenvalue weighted by Gasteiger charge is -2.37. The fraction of sp³-hybridized carbons (Fsp3) is 0.421. The molecule has 2 N–H and O–H groups in total. The number of amides is 1. The Morgan fingerprint density at radius 2 is 2.23 bits per heavy atom. The Hall–Kier alpha value is -2.67. The number of fused-ring (bicyclic) bond motifs is 1. The summed E-state index contributed by atoms with van der Waals surface area (Å²) in [6.45, 7) is 0. The van der Waals surface area contributed by atoms with E-state index in [1.807, 2.05) is 48.2 Å². The highest BCUT2D eigenvalue weighted by Gasteiger charge is 2.36. The molecule has 1 fully saturated rings. The molecule has 136 valence electrons. The fourth-order valence-electron chi connectivity index (χ4n) is 3.57. The Morgan fingerprint density at radius 1 is 1.38 bits per heavy atom. The molecule has 0 saturated heterocycles. The largest absolute Gasteiger partial charge is 0.393 e. The first-order valence-corrected chi connectivity index (χ1v) is 8.97.